The minimum Gasteiger partial charge on any atom is -0.744 e. The van der Waals surface area contributed by atoms with Crippen molar-refractivity contribution in [3.63, 3.8) is 0 Å². The molecule has 0 N–H and O–H groups in total. The van der Waals surface area contributed by atoms with E-state index in [0.29, 0.717) is 0 Å². The fourth-order valence-corrected chi connectivity index (χ4v) is 2.69. The zero-order valence-electron chi connectivity index (χ0n) is 13.9. The smallest absolute Gasteiger partial charge is 0.744 e. The van der Waals surface area contributed by atoms with Gasteiger partial charge in [0.15, 0.2) is 0 Å². The Labute approximate surface area is 186 Å². The number of benzene rings is 2. The molecular formula is C14H14Na2O6S2. The molecule has 0 amide bonds. The first kappa shape index (κ1) is 26.5. The third-order valence-corrected chi connectivity index (χ3v) is 4.22. The Kier molecular flexibility index (Phi) is 12.2. The normalized spacial score (nSPS) is 10.5. The zero-order chi connectivity index (χ0) is 17.0. The van der Waals surface area contributed by atoms with Crippen LogP contribution < -0.4 is 59.1 Å². The summed E-state index contributed by atoms with van der Waals surface area (Å²) in [6.07, 6.45) is 0. The summed E-state index contributed by atoms with van der Waals surface area (Å²) in [6, 6.07) is 11.8. The van der Waals surface area contributed by atoms with Crippen LogP contribution in [0.25, 0.3) is 0 Å². The van der Waals surface area contributed by atoms with Gasteiger partial charge >= 0.3 is 59.1 Å². The van der Waals surface area contributed by atoms with Gasteiger partial charge in [-0.15, -0.1) is 0 Å². The van der Waals surface area contributed by atoms with Gasteiger partial charge in [-0.25, -0.2) is 16.8 Å². The zero-order valence-corrected chi connectivity index (χ0v) is 19.5. The Morgan fingerprint density at radius 3 is 1.12 bits per heavy atom. The molecule has 0 atom stereocenters. The molecule has 6 nitrogen and oxygen atoms in total. The second kappa shape index (κ2) is 11.1. The van der Waals surface area contributed by atoms with E-state index in [-0.39, 0.29) is 68.9 Å². The largest absolute Gasteiger partial charge is 1.00 e. The van der Waals surface area contributed by atoms with Gasteiger partial charge in [-0.2, -0.15) is 0 Å². The molecule has 0 aromatic heterocycles. The molecule has 120 valence electrons. The van der Waals surface area contributed by atoms with Crippen molar-refractivity contribution in [3.05, 3.63) is 59.7 Å². The first-order chi connectivity index (χ1) is 10.00. The van der Waals surface area contributed by atoms with Crippen molar-refractivity contribution in [2.24, 2.45) is 0 Å². The Hall–Kier alpha value is 0.260. The summed E-state index contributed by atoms with van der Waals surface area (Å²) < 4.78 is 62.6. The van der Waals surface area contributed by atoms with Crippen LogP contribution in [0.2, 0.25) is 0 Å². The molecule has 0 aliphatic rings. The molecule has 0 radical (unpaired) electrons. The van der Waals surface area contributed by atoms with Gasteiger partial charge in [-0.1, -0.05) is 24.3 Å². The van der Waals surface area contributed by atoms with Crippen molar-refractivity contribution >= 4 is 20.2 Å². The fourth-order valence-electron chi connectivity index (χ4n) is 1.54. The first-order valence-electron chi connectivity index (χ1n) is 6.05. The van der Waals surface area contributed by atoms with Crippen molar-refractivity contribution in [2.45, 2.75) is 23.6 Å². The molecule has 2 aromatic carbocycles. The van der Waals surface area contributed by atoms with E-state index in [1.807, 2.05) is 0 Å². The van der Waals surface area contributed by atoms with Crippen molar-refractivity contribution in [2.75, 3.05) is 0 Å². The van der Waals surface area contributed by atoms with Gasteiger partial charge < -0.3 is 9.11 Å². The van der Waals surface area contributed by atoms with Gasteiger partial charge in [0.25, 0.3) is 0 Å². The second-order valence-corrected chi connectivity index (χ2v) is 7.30. The fraction of sp³-hybridized carbons (Fsp3) is 0.143. The molecule has 0 saturated carbocycles. The molecule has 10 heteroatoms. The van der Waals surface area contributed by atoms with Crippen LogP contribution in [0, 0.1) is 13.8 Å². The van der Waals surface area contributed by atoms with E-state index in [1.54, 1.807) is 38.1 Å². The molecule has 2 rings (SSSR count). The molecule has 0 bridgehead atoms. The first-order valence-corrected chi connectivity index (χ1v) is 8.87. The molecule has 0 aliphatic heterocycles. The molecule has 2 aromatic rings. The number of aryl methyl sites for hydroxylation is 2. The summed E-state index contributed by atoms with van der Waals surface area (Å²) in [6.45, 7) is 3.46. The van der Waals surface area contributed by atoms with E-state index in [2.05, 4.69) is 0 Å². The average Bonchev–Trinajstić information content (AvgIpc) is 2.37. The van der Waals surface area contributed by atoms with Crippen LogP contribution in [0.4, 0.5) is 0 Å². The van der Waals surface area contributed by atoms with Gasteiger partial charge in [0.1, 0.15) is 20.2 Å². The van der Waals surface area contributed by atoms with E-state index in [1.165, 1.54) is 24.3 Å². The summed E-state index contributed by atoms with van der Waals surface area (Å²) in [5.41, 5.74) is 1.53. The number of rotatable bonds is 2. The minimum atomic E-state index is -4.28. The minimum absolute atomic E-state index is 0. The number of hydrogen-bond acceptors (Lipinski definition) is 6. The molecule has 0 unspecified atom stereocenters. The van der Waals surface area contributed by atoms with Crippen molar-refractivity contribution in [1.82, 2.24) is 0 Å². The molecule has 0 fully saturated rings. The van der Waals surface area contributed by atoms with Crippen LogP contribution in [0.1, 0.15) is 11.1 Å². The maximum Gasteiger partial charge on any atom is 1.00 e. The van der Waals surface area contributed by atoms with Gasteiger partial charge in [0, 0.05) is 0 Å². The van der Waals surface area contributed by atoms with Crippen LogP contribution in [0.15, 0.2) is 58.3 Å². The van der Waals surface area contributed by atoms with Gasteiger partial charge in [0.2, 0.25) is 0 Å². The quantitative estimate of drug-likeness (QED) is 0.381. The standard InChI is InChI=1S/2C7H8O3S.2Na/c2*1-6-3-2-4-7(5-6)11(8,9)10;;/h2*2-5H,1H3,(H,8,9,10);;/q;;2*+1/p-2. The predicted molar refractivity (Wildman–Crippen MR) is 78.3 cm³/mol. The Morgan fingerprint density at radius 2 is 0.958 bits per heavy atom. The summed E-state index contributed by atoms with van der Waals surface area (Å²) in [4.78, 5) is -0.338. The van der Waals surface area contributed by atoms with Gasteiger partial charge in [-0.05, 0) is 49.2 Å². The Bertz CT molecular complexity index is 791. The van der Waals surface area contributed by atoms with Gasteiger partial charge in [-0.3, -0.25) is 0 Å². The maximum absolute atomic E-state index is 10.4. The molecule has 0 aliphatic carbocycles. The number of hydrogen-bond donors (Lipinski definition) is 0. The monoisotopic (exact) mass is 388 g/mol. The van der Waals surface area contributed by atoms with E-state index in [0.717, 1.165) is 11.1 Å². The molecule has 0 heterocycles. The second-order valence-electron chi connectivity index (χ2n) is 4.54. The summed E-state index contributed by atoms with van der Waals surface area (Å²) in [5.74, 6) is 0. The van der Waals surface area contributed by atoms with E-state index < -0.39 is 20.2 Å². The molecular weight excluding hydrogens is 374 g/mol. The van der Waals surface area contributed by atoms with Crippen LogP contribution >= 0.6 is 0 Å². The van der Waals surface area contributed by atoms with Crippen molar-refractivity contribution < 1.29 is 85.1 Å². The van der Waals surface area contributed by atoms with Crippen LogP contribution in [-0.4, -0.2) is 25.9 Å². The van der Waals surface area contributed by atoms with Gasteiger partial charge in [0.05, 0.1) is 9.79 Å². The molecule has 0 saturated heterocycles. The third kappa shape index (κ3) is 9.67. The van der Waals surface area contributed by atoms with Crippen LogP contribution in [-0.2, 0) is 20.2 Å². The summed E-state index contributed by atoms with van der Waals surface area (Å²) in [7, 11) is -8.55. The summed E-state index contributed by atoms with van der Waals surface area (Å²) in [5, 5.41) is 0. The topological polar surface area (TPSA) is 114 Å². The Morgan fingerprint density at radius 1 is 0.667 bits per heavy atom. The van der Waals surface area contributed by atoms with Crippen molar-refractivity contribution in [1.29, 1.82) is 0 Å². The average molecular weight is 388 g/mol. The molecule has 0 spiro atoms. The van der Waals surface area contributed by atoms with Crippen LogP contribution in [0.3, 0.4) is 0 Å². The third-order valence-electron chi connectivity index (χ3n) is 2.56. The van der Waals surface area contributed by atoms with E-state index in [4.69, 9.17) is 0 Å². The van der Waals surface area contributed by atoms with Crippen molar-refractivity contribution in [3.8, 4) is 0 Å². The maximum atomic E-state index is 10.4. The van der Waals surface area contributed by atoms with E-state index >= 15 is 0 Å². The van der Waals surface area contributed by atoms with Crippen LogP contribution in [0.5, 0.6) is 0 Å². The molecule has 24 heavy (non-hydrogen) atoms. The predicted octanol–water partition coefficient (Wildman–Crippen LogP) is -4.19. The Balaban J connectivity index is 0. The van der Waals surface area contributed by atoms with E-state index in [9.17, 15) is 25.9 Å². The SMILES string of the molecule is Cc1cccc(S(=O)(=O)[O-])c1.Cc1cccc(S(=O)(=O)[O-])c1.[Na+].[Na+]. The summed E-state index contributed by atoms with van der Waals surface area (Å²) >= 11 is 0.